The molecule has 0 saturated carbocycles. The number of halogens is 3. The van der Waals surface area contributed by atoms with E-state index in [1.807, 2.05) is 38.4 Å². The van der Waals surface area contributed by atoms with Gasteiger partial charge in [0.05, 0.1) is 28.5 Å². The van der Waals surface area contributed by atoms with E-state index in [0.29, 0.717) is 25.9 Å². The van der Waals surface area contributed by atoms with Gasteiger partial charge >= 0.3 is 12.1 Å². The van der Waals surface area contributed by atoms with Crippen LogP contribution in [0.4, 0.5) is 13.2 Å². The molecular formula is C21H19F3N2O2S2. The number of thiazole rings is 1. The maximum absolute atomic E-state index is 12.9. The van der Waals surface area contributed by atoms with Crippen LogP contribution in [0.2, 0.25) is 0 Å². The number of fused-ring (bicyclic) bond motifs is 1. The minimum absolute atomic E-state index is 0.327. The van der Waals surface area contributed by atoms with E-state index in [4.69, 9.17) is 4.74 Å². The summed E-state index contributed by atoms with van der Waals surface area (Å²) >= 11 is 2.76. The van der Waals surface area contributed by atoms with Crippen molar-refractivity contribution in [2.75, 3.05) is 21.2 Å². The number of carbonyl (C=O) groups excluding carboxylic acids is 1. The lowest BCUT2D eigenvalue weighted by Crippen LogP contribution is -2.11. The van der Waals surface area contributed by atoms with Crippen molar-refractivity contribution < 1.29 is 22.7 Å². The lowest BCUT2D eigenvalue weighted by molar-refractivity contribution is -0.137. The van der Waals surface area contributed by atoms with Crippen LogP contribution in [-0.2, 0) is 21.5 Å². The number of methoxy groups -OCH3 is 1. The summed E-state index contributed by atoms with van der Waals surface area (Å²) in [6.45, 7) is 0. The van der Waals surface area contributed by atoms with E-state index in [0.717, 1.165) is 23.3 Å². The summed E-state index contributed by atoms with van der Waals surface area (Å²) < 4.78 is 45.0. The van der Waals surface area contributed by atoms with Crippen LogP contribution in [0.5, 0.6) is 0 Å². The summed E-state index contributed by atoms with van der Waals surface area (Å²) in [5.41, 5.74) is 1.69. The van der Waals surface area contributed by atoms with Crippen molar-refractivity contribution in [1.29, 1.82) is 0 Å². The summed E-state index contributed by atoms with van der Waals surface area (Å²) in [6, 6.07) is 11.0. The molecule has 0 radical (unpaired) electrons. The number of hydrogen-bond acceptors (Lipinski definition) is 6. The van der Waals surface area contributed by atoms with E-state index in [1.165, 1.54) is 36.3 Å². The van der Waals surface area contributed by atoms with Gasteiger partial charge in [-0.25, -0.2) is 9.78 Å². The highest BCUT2D eigenvalue weighted by molar-refractivity contribution is 8.00. The van der Waals surface area contributed by atoms with Crippen LogP contribution in [0.3, 0.4) is 0 Å². The number of carbonyl (C=O) groups is 1. The van der Waals surface area contributed by atoms with Crippen molar-refractivity contribution in [2.24, 2.45) is 0 Å². The van der Waals surface area contributed by atoms with Gasteiger partial charge in [0, 0.05) is 26.0 Å². The topological polar surface area (TPSA) is 42.4 Å². The van der Waals surface area contributed by atoms with Crippen LogP contribution in [-0.4, -0.2) is 37.1 Å². The molecule has 3 aromatic rings. The number of rotatable bonds is 6. The van der Waals surface area contributed by atoms with Crippen LogP contribution in [0.1, 0.15) is 16.7 Å². The van der Waals surface area contributed by atoms with Crippen molar-refractivity contribution in [3.8, 4) is 0 Å². The van der Waals surface area contributed by atoms with Crippen LogP contribution in [0.15, 0.2) is 53.0 Å². The van der Waals surface area contributed by atoms with E-state index < -0.39 is 17.7 Å². The second-order valence-corrected chi connectivity index (χ2v) is 8.86. The molecule has 0 amide bonds. The largest absolute Gasteiger partial charge is 0.465 e. The van der Waals surface area contributed by atoms with Gasteiger partial charge in [0.1, 0.15) is 0 Å². The molecule has 30 heavy (non-hydrogen) atoms. The highest BCUT2D eigenvalue weighted by Crippen LogP contribution is 2.36. The highest BCUT2D eigenvalue weighted by Gasteiger charge is 2.30. The number of esters is 1. The van der Waals surface area contributed by atoms with Gasteiger partial charge in [-0.3, -0.25) is 0 Å². The average Bonchev–Trinajstić information content (AvgIpc) is 3.11. The molecule has 158 valence electrons. The molecule has 1 aromatic heterocycles. The van der Waals surface area contributed by atoms with Crippen LogP contribution >= 0.6 is 23.1 Å². The number of benzene rings is 2. The van der Waals surface area contributed by atoms with Crippen molar-refractivity contribution in [3.05, 3.63) is 65.4 Å². The molecule has 0 spiro atoms. The zero-order valence-electron chi connectivity index (χ0n) is 16.5. The highest BCUT2D eigenvalue weighted by atomic mass is 32.2. The number of nitrogens with zero attached hydrogens (tertiary/aromatic N) is 2. The van der Waals surface area contributed by atoms with Crippen LogP contribution in [0.25, 0.3) is 15.8 Å². The first-order chi connectivity index (χ1) is 14.2. The lowest BCUT2D eigenvalue weighted by Gasteiger charge is -2.14. The first-order valence-corrected chi connectivity index (χ1v) is 10.6. The smallest absolute Gasteiger partial charge is 0.416 e. The fourth-order valence-corrected chi connectivity index (χ4v) is 4.85. The molecule has 0 atom stereocenters. The predicted molar refractivity (Wildman–Crippen MR) is 114 cm³/mol. The Balaban J connectivity index is 1.87. The van der Waals surface area contributed by atoms with Crippen molar-refractivity contribution in [1.82, 2.24) is 9.88 Å². The molecule has 2 aromatic carbocycles. The van der Waals surface area contributed by atoms with E-state index >= 15 is 0 Å². The second-order valence-electron chi connectivity index (χ2n) is 6.60. The third-order valence-electron chi connectivity index (χ3n) is 4.15. The molecule has 0 saturated heterocycles. The van der Waals surface area contributed by atoms with Crippen molar-refractivity contribution in [3.63, 3.8) is 0 Å². The molecular weight excluding hydrogens is 433 g/mol. The Morgan fingerprint density at radius 1 is 1.23 bits per heavy atom. The molecule has 0 bridgehead atoms. The van der Waals surface area contributed by atoms with Gasteiger partial charge in [0.2, 0.25) is 0 Å². The summed E-state index contributed by atoms with van der Waals surface area (Å²) in [6.07, 6.45) is -2.70. The van der Waals surface area contributed by atoms with E-state index in [-0.39, 0.29) is 0 Å². The molecule has 1 heterocycles. The summed E-state index contributed by atoms with van der Waals surface area (Å²) in [5.74, 6) is 0.0602. The van der Waals surface area contributed by atoms with E-state index in [9.17, 15) is 18.0 Å². The fourth-order valence-electron chi connectivity index (χ4n) is 2.79. The summed E-state index contributed by atoms with van der Waals surface area (Å²) in [7, 11) is 4.97. The van der Waals surface area contributed by atoms with Crippen molar-refractivity contribution in [2.45, 2.75) is 16.3 Å². The standard InChI is InChI=1S/C21H19F3N2O2S2/c1-26(2)11-16(19(27)28-3)15-7-5-4-6-13(15)12-29-20-25-17-10-14(21(22,23)24)8-9-18(17)30-20/h4-11H,12H2,1-3H3/b16-11+. The molecule has 0 aliphatic heterocycles. The third kappa shape index (κ3) is 5.14. The molecule has 0 fully saturated rings. The third-order valence-corrected chi connectivity index (χ3v) is 6.37. The number of alkyl halides is 3. The zero-order chi connectivity index (χ0) is 21.9. The maximum Gasteiger partial charge on any atom is 0.416 e. The molecule has 0 unspecified atom stereocenters. The number of hydrogen-bond donors (Lipinski definition) is 0. The Morgan fingerprint density at radius 3 is 2.63 bits per heavy atom. The molecule has 9 heteroatoms. The minimum atomic E-state index is -4.40. The van der Waals surface area contributed by atoms with Gasteiger partial charge in [-0.1, -0.05) is 36.0 Å². The van der Waals surface area contributed by atoms with E-state index in [1.54, 1.807) is 11.1 Å². The van der Waals surface area contributed by atoms with Crippen molar-refractivity contribution >= 4 is 44.9 Å². The Morgan fingerprint density at radius 2 is 1.97 bits per heavy atom. The first-order valence-electron chi connectivity index (χ1n) is 8.84. The van der Waals surface area contributed by atoms with Gasteiger partial charge in [-0.2, -0.15) is 13.2 Å². The number of thioether (sulfide) groups is 1. The molecule has 0 aliphatic rings. The van der Waals surface area contributed by atoms with Gasteiger partial charge in [-0.05, 0) is 29.3 Å². The fraction of sp³-hybridized carbons (Fsp3) is 0.238. The monoisotopic (exact) mass is 452 g/mol. The van der Waals surface area contributed by atoms with Crippen LogP contribution < -0.4 is 0 Å². The molecule has 4 nitrogen and oxygen atoms in total. The second kappa shape index (κ2) is 9.09. The number of aromatic nitrogens is 1. The Kier molecular flexibility index (Phi) is 6.72. The summed E-state index contributed by atoms with van der Waals surface area (Å²) in [4.78, 5) is 18.4. The zero-order valence-corrected chi connectivity index (χ0v) is 18.1. The SMILES string of the molecule is COC(=O)/C(=C/N(C)C)c1ccccc1CSc1nc2cc(C(F)(F)F)ccc2s1. The Hall–Kier alpha value is -2.52. The predicted octanol–water partition coefficient (Wildman–Crippen LogP) is 5.68. The Labute approximate surface area is 180 Å². The average molecular weight is 453 g/mol. The number of ether oxygens (including phenoxy) is 1. The summed E-state index contributed by atoms with van der Waals surface area (Å²) in [5, 5.41) is 0. The van der Waals surface area contributed by atoms with Gasteiger partial charge in [-0.15, -0.1) is 11.3 Å². The molecule has 0 aliphatic carbocycles. The maximum atomic E-state index is 12.9. The quantitative estimate of drug-likeness (QED) is 0.273. The van der Waals surface area contributed by atoms with Gasteiger partial charge < -0.3 is 9.64 Å². The molecule has 0 N–H and O–H groups in total. The van der Waals surface area contributed by atoms with E-state index in [2.05, 4.69) is 4.98 Å². The minimum Gasteiger partial charge on any atom is -0.465 e. The molecule has 3 rings (SSSR count). The lowest BCUT2D eigenvalue weighted by atomic mass is 10.0. The van der Waals surface area contributed by atoms with Crippen LogP contribution in [0, 0.1) is 0 Å². The van der Waals surface area contributed by atoms with Gasteiger partial charge in [0.15, 0.2) is 4.34 Å². The normalized spacial score (nSPS) is 12.3. The van der Waals surface area contributed by atoms with Gasteiger partial charge in [0.25, 0.3) is 0 Å². The first kappa shape index (κ1) is 22.2. The Bertz CT molecular complexity index is 1090.